The maximum Gasteiger partial charge on any atom is 0.236 e. The van der Waals surface area contributed by atoms with Gasteiger partial charge in [-0.3, -0.25) is 0 Å². The molecule has 1 fully saturated rings. The molecule has 0 aromatic carbocycles. The van der Waals surface area contributed by atoms with Gasteiger partial charge in [-0.05, 0) is 31.6 Å². The van der Waals surface area contributed by atoms with Crippen LogP contribution in [0.4, 0.5) is 0 Å². The van der Waals surface area contributed by atoms with Crippen molar-refractivity contribution in [1.82, 2.24) is 4.31 Å². The van der Waals surface area contributed by atoms with Gasteiger partial charge in [-0.15, -0.1) is 0 Å². The van der Waals surface area contributed by atoms with Crippen LogP contribution in [0, 0.1) is 5.92 Å². The second-order valence-electron chi connectivity index (χ2n) is 5.16. The zero-order valence-corrected chi connectivity index (χ0v) is 11.9. The Morgan fingerprint density at radius 3 is 2.67 bits per heavy atom. The highest BCUT2D eigenvalue weighted by atomic mass is 32.2. The molecule has 1 atom stereocenters. The number of sulfonamides is 1. The number of aliphatic imine (C=N–C) groups is 1. The van der Waals surface area contributed by atoms with E-state index in [2.05, 4.69) is 4.99 Å². The molecule has 0 N–H and O–H groups in total. The third kappa shape index (κ3) is 4.52. The normalized spacial score (nSPS) is 22.5. The van der Waals surface area contributed by atoms with E-state index < -0.39 is 16.2 Å². The first-order valence-electron chi connectivity index (χ1n) is 6.54. The highest BCUT2D eigenvalue weighted by Crippen LogP contribution is 2.22. The third-order valence-electron chi connectivity index (χ3n) is 3.19. The summed E-state index contributed by atoms with van der Waals surface area (Å²) in [5.41, 5.74) is 0. The maximum absolute atomic E-state index is 12.3. The number of hydrogen-bond donors (Lipinski definition) is 0. The molecular weight excluding hydrogens is 252 g/mol. The molecule has 5 nitrogen and oxygen atoms in total. The van der Waals surface area contributed by atoms with Crippen LogP contribution in [0.25, 0.3) is 0 Å². The second-order valence-corrected chi connectivity index (χ2v) is 7.20. The van der Waals surface area contributed by atoms with Crippen LogP contribution in [0.1, 0.15) is 46.0 Å². The van der Waals surface area contributed by atoms with Crippen LogP contribution in [0.3, 0.4) is 0 Å². The SMILES string of the molecule is CC(C)CCS(=O)(=O)N1CCCCCC1N=C=O. The molecule has 0 bridgehead atoms. The molecule has 0 spiro atoms. The molecular formula is C12H22N2O3S. The summed E-state index contributed by atoms with van der Waals surface area (Å²) in [5, 5.41) is 0. The number of hydrogen-bond acceptors (Lipinski definition) is 4. The molecule has 0 amide bonds. The van der Waals surface area contributed by atoms with Crippen LogP contribution in [0.2, 0.25) is 0 Å². The lowest BCUT2D eigenvalue weighted by Crippen LogP contribution is -2.40. The maximum atomic E-state index is 12.3. The lowest BCUT2D eigenvalue weighted by molar-refractivity contribution is 0.329. The number of carbonyl (C=O) groups excluding carboxylic acids is 1. The van der Waals surface area contributed by atoms with Gasteiger partial charge in [-0.2, -0.15) is 9.30 Å². The Labute approximate surface area is 109 Å². The van der Waals surface area contributed by atoms with E-state index in [0.29, 0.717) is 25.3 Å². The van der Waals surface area contributed by atoms with E-state index in [-0.39, 0.29) is 5.75 Å². The van der Waals surface area contributed by atoms with Crippen molar-refractivity contribution in [2.45, 2.75) is 52.1 Å². The summed E-state index contributed by atoms with van der Waals surface area (Å²) in [4.78, 5) is 14.1. The Bertz CT molecular complexity index is 400. The van der Waals surface area contributed by atoms with Crippen molar-refractivity contribution in [3.8, 4) is 0 Å². The van der Waals surface area contributed by atoms with Crippen LogP contribution >= 0.6 is 0 Å². The van der Waals surface area contributed by atoms with Crippen LogP contribution < -0.4 is 0 Å². The molecule has 0 saturated carbocycles. The lowest BCUT2D eigenvalue weighted by Gasteiger charge is -2.25. The lowest BCUT2D eigenvalue weighted by atomic mass is 10.2. The minimum Gasteiger partial charge on any atom is -0.212 e. The van der Waals surface area contributed by atoms with Gasteiger partial charge in [-0.25, -0.2) is 13.2 Å². The van der Waals surface area contributed by atoms with Crippen molar-refractivity contribution in [2.24, 2.45) is 10.9 Å². The van der Waals surface area contributed by atoms with E-state index in [0.717, 1.165) is 19.3 Å². The first-order chi connectivity index (χ1) is 8.47. The van der Waals surface area contributed by atoms with Crippen molar-refractivity contribution >= 4 is 16.1 Å². The second kappa shape index (κ2) is 7.02. The van der Waals surface area contributed by atoms with Gasteiger partial charge < -0.3 is 0 Å². The Morgan fingerprint density at radius 1 is 1.33 bits per heavy atom. The van der Waals surface area contributed by atoms with Gasteiger partial charge in [0, 0.05) is 6.54 Å². The molecule has 1 aliphatic rings. The molecule has 0 aromatic heterocycles. The highest BCUT2D eigenvalue weighted by Gasteiger charge is 2.30. The molecule has 1 unspecified atom stereocenters. The minimum atomic E-state index is -3.31. The molecule has 1 heterocycles. The average Bonchev–Trinajstić information content (AvgIpc) is 2.53. The average molecular weight is 274 g/mol. The Balaban J connectivity index is 2.83. The number of nitrogens with zero attached hydrogens (tertiary/aromatic N) is 2. The molecule has 1 rings (SSSR count). The first-order valence-corrected chi connectivity index (χ1v) is 8.15. The molecule has 0 aliphatic carbocycles. The van der Waals surface area contributed by atoms with Gasteiger partial charge in [0.25, 0.3) is 0 Å². The Hall–Kier alpha value is -0.710. The van der Waals surface area contributed by atoms with Crippen LogP contribution in [0.15, 0.2) is 4.99 Å². The Morgan fingerprint density at radius 2 is 2.06 bits per heavy atom. The zero-order chi connectivity index (χ0) is 13.6. The molecule has 0 radical (unpaired) electrons. The number of rotatable bonds is 5. The van der Waals surface area contributed by atoms with Gasteiger partial charge in [0.2, 0.25) is 16.1 Å². The predicted octanol–water partition coefficient (Wildman–Crippen LogP) is 1.90. The van der Waals surface area contributed by atoms with Gasteiger partial charge in [-0.1, -0.05) is 20.3 Å². The van der Waals surface area contributed by atoms with Crippen LogP contribution in [-0.4, -0.2) is 37.3 Å². The standard InChI is InChI=1S/C12H22N2O3S/c1-11(2)7-9-18(16,17)14-8-5-3-4-6-12(14)13-10-15/h11-12H,3-9H2,1-2H3. The quantitative estimate of drug-likeness (QED) is 0.568. The summed E-state index contributed by atoms with van der Waals surface area (Å²) in [5.74, 6) is 0.481. The third-order valence-corrected chi connectivity index (χ3v) is 5.08. The van der Waals surface area contributed by atoms with E-state index in [9.17, 15) is 13.2 Å². The monoisotopic (exact) mass is 274 g/mol. The van der Waals surface area contributed by atoms with E-state index in [1.165, 1.54) is 10.4 Å². The summed E-state index contributed by atoms with van der Waals surface area (Å²) in [6.45, 7) is 4.47. The van der Waals surface area contributed by atoms with Crippen molar-refractivity contribution < 1.29 is 13.2 Å². The summed E-state index contributed by atoms with van der Waals surface area (Å²) in [7, 11) is -3.31. The predicted molar refractivity (Wildman–Crippen MR) is 70.3 cm³/mol. The van der Waals surface area contributed by atoms with Gasteiger partial charge in [0.1, 0.15) is 6.17 Å². The molecule has 104 valence electrons. The summed E-state index contributed by atoms with van der Waals surface area (Å²) in [6.07, 6.45) is 4.95. The van der Waals surface area contributed by atoms with E-state index >= 15 is 0 Å². The van der Waals surface area contributed by atoms with Gasteiger partial charge in [0.05, 0.1) is 5.75 Å². The van der Waals surface area contributed by atoms with Crippen LogP contribution in [0.5, 0.6) is 0 Å². The molecule has 0 aromatic rings. The summed E-state index contributed by atoms with van der Waals surface area (Å²) >= 11 is 0. The topological polar surface area (TPSA) is 66.8 Å². The highest BCUT2D eigenvalue weighted by molar-refractivity contribution is 7.89. The van der Waals surface area contributed by atoms with E-state index in [4.69, 9.17) is 0 Å². The summed E-state index contributed by atoms with van der Waals surface area (Å²) < 4.78 is 25.9. The van der Waals surface area contributed by atoms with E-state index in [1.54, 1.807) is 0 Å². The fraction of sp³-hybridized carbons (Fsp3) is 0.917. The van der Waals surface area contributed by atoms with Gasteiger partial charge in [0.15, 0.2) is 0 Å². The van der Waals surface area contributed by atoms with Crippen molar-refractivity contribution in [2.75, 3.05) is 12.3 Å². The molecule has 1 aliphatic heterocycles. The van der Waals surface area contributed by atoms with Crippen molar-refractivity contribution in [3.05, 3.63) is 0 Å². The zero-order valence-electron chi connectivity index (χ0n) is 11.1. The van der Waals surface area contributed by atoms with Crippen molar-refractivity contribution in [1.29, 1.82) is 0 Å². The largest absolute Gasteiger partial charge is 0.236 e. The number of isocyanates is 1. The van der Waals surface area contributed by atoms with Crippen LogP contribution in [-0.2, 0) is 14.8 Å². The Kier molecular flexibility index (Phi) is 5.99. The van der Waals surface area contributed by atoms with E-state index in [1.807, 2.05) is 13.8 Å². The smallest absolute Gasteiger partial charge is 0.212 e. The van der Waals surface area contributed by atoms with Crippen molar-refractivity contribution in [3.63, 3.8) is 0 Å². The molecule has 6 heteroatoms. The minimum absolute atomic E-state index is 0.134. The molecule has 18 heavy (non-hydrogen) atoms. The van der Waals surface area contributed by atoms with Gasteiger partial charge >= 0.3 is 0 Å². The fourth-order valence-corrected chi connectivity index (χ4v) is 4.01. The summed E-state index contributed by atoms with van der Waals surface area (Å²) in [6, 6.07) is 0. The first kappa shape index (κ1) is 15.3. The fourth-order valence-electron chi connectivity index (χ4n) is 2.08. The molecule has 1 saturated heterocycles.